The fourth-order valence-corrected chi connectivity index (χ4v) is 3.01. The van der Waals surface area contributed by atoms with Gasteiger partial charge in [0.1, 0.15) is 11.5 Å². The normalized spacial score (nSPS) is 10.6. The third kappa shape index (κ3) is 3.83. The standard InChI is InChI=1S/C23H19N3O2/c1-15-3-8-22-20(13-15)21(14-16(2)25-22)23(27)26-17-4-6-18(7-5-17)28-19-9-11-24-12-10-19/h3-14H,1-2H3,(H,26,27). The van der Waals surface area contributed by atoms with Gasteiger partial charge in [0.15, 0.2) is 0 Å². The number of aromatic nitrogens is 2. The van der Waals surface area contributed by atoms with Gasteiger partial charge in [-0.25, -0.2) is 0 Å². The molecule has 0 bridgehead atoms. The van der Waals surface area contributed by atoms with Gasteiger partial charge < -0.3 is 10.1 Å². The van der Waals surface area contributed by atoms with Crippen LogP contribution in [0.5, 0.6) is 11.5 Å². The summed E-state index contributed by atoms with van der Waals surface area (Å²) in [5.74, 6) is 1.23. The molecule has 2 aromatic carbocycles. The first-order chi connectivity index (χ1) is 13.6. The number of benzene rings is 2. The van der Waals surface area contributed by atoms with Crippen LogP contribution in [-0.4, -0.2) is 15.9 Å². The lowest BCUT2D eigenvalue weighted by Gasteiger charge is -2.11. The molecule has 0 radical (unpaired) electrons. The lowest BCUT2D eigenvalue weighted by Crippen LogP contribution is -2.13. The van der Waals surface area contributed by atoms with E-state index < -0.39 is 0 Å². The summed E-state index contributed by atoms with van der Waals surface area (Å²) in [6.45, 7) is 3.89. The first-order valence-corrected chi connectivity index (χ1v) is 8.96. The Morgan fingerprint density at radius 3 is 2.36 bits per heavy atom. The second-order valence-electron chi connectivity index (χ2n) is 6.60. The summed E-state index contributed by atoms with van der Waals surface area (Å²) in [5.41, 5.74) is 4.02. The zero-order valence-electron chi connectivity index (χ0n) is 15.6. The molecular weight excluding hydrogens is 350 g/mol. The van der Waals surface area contributed by atoms with Gasteiger partial charge in [-0.3, -0.25) is 14.8 Å². The van der Waals surface area contributed by atoms with E-state index in [4.69, 9.17) is 4.74 Å². The number of nitrogens with one attached hydrogen (secondary N) is 1. The Morgan fingerprint density at radius 2 is 1.61 bits per heavy atom. The molecule has 0 atom stereocenters. The van der Waals surface area contributed by atoms with Crippen molar-refractivity contribution < 1.29 is 9.53 Å². The number of hydrogen-bond acceptors (Lipinski definition) is 4. The zero-order chi connectivity index (χ0) is 19.5. The van der Waals surface area contributed by atoms with Gasteiger partial charge in [-0.2, -0.15) is 0 Å². The monoisotopic (exact) mass is 369 g/mol. The minimum Gasteiger partial charge on any atom is -0.457 e. The summed E-state index contributed by atoms with van der Waals surface area (Å²) in [6, 6.07) is 18.6. The van der Waals surface area contributed by atoms with E-state index in [1.165, 1.54) is 0 Å². The van der Waals surface area contributed by atoms with Crippen molar-refractivity contribution in [2.24, 2.45) is 0 Å². The molecular formula is C23H19N3O2. The largest absolute Gasteiger partial charge is 0.457 e. The number of amides is 1. The van der Waals surface area contributed by atoms with Crippen molar-refractivity contribution >= 4 is 22.5 Å². The smallest absolute Gasteiger partial charge is 0.256 e. The fraction of sp³-hybridized carbons (Fsp3) is 0.0870. The molecule has 5 nitrogen and oxygen atoms in total. The molecule has 0 unspecified atom stereocenters. The van der Waals surface area contributed by atoms with Crippen molar-refractivity contribution in [2.75, 3.05) is 5.32 Å². The molecule has 4 aromatic rings. The molecule has 0 aliphatic carbocycles. The molecule has 0 spiro atoms. The number of nitrogens with zero attached hydrogens (tertiary/aromatic N) is 2. The molecule has 1 N–H and O–H groups in total. The van der Waals surface area contributed by atoms with Gasteiger partial charge in [-0.05, 0) is 68.4 Å². The Bertz CT molecular complexity index is 1140. The predicted molar refractivity (Wildman–Crippen MR) is 110 cm³/mol. The number of ether oxygens (including phenoxy) is 1. The minimum atomic E-state index is -0.163. The number of hydrogen-bond donors (Lipinski definition) is 1. The van der Waals surface area contributed by atoms with Crippen LogP contribution in [0.15, 0.2) is 73.1 Å². The molecule has 28 heavy (non-hydrogen) atoms. The van der Waals surface area contributed by atoms with Crippen LogP contribution in [0.3, 0.4) is 0 Å². The van der Waals surface area contributed by atoms with Gasteiger partial charge in [-0.15, -0.1) is 0 Å². The summed E-state index contributed by atoms with van der Waals surface area (Å²) < 4.78 is 5.75. The zero-order valence-corrected chi connectivity index (χ0v) is 15.6. The lowest BCUT2D eigenvalue weighted by molar-refractivity contribution is 0.102. The molecule has 5 heteroatoms. The van der Waals surface area contributed by atoms with E-state index in [0.717, 1.165) is 22.2 Å². The number of rotatable bonds is 4. The van der Waals surface area contributed by atoms with E-state index in [1.807, 2.05) is 62.4 Å². The lowest BCUT2D eigenvalue weighted by atomic mass is 10.0. The predicted octanol–water partition coefficient (Wildman–Crippen LogP) is 5.29. The van der Waals surface area contributed by atoms with Crippen LogP contribution in [0.25, 0.3) is 10.9 Å². The highest BCUT2D eigenvalue weighted by atomic mass is 16.5. The summed E-state index contributed by atoms with van der Waals surface area (Å²) in [5, 5.41) is 3.80. The summed E-state index contributed by atoms with van der Waals surface area (Å²) in [6.07, 6.45) is 3.35. The first-order valence-electron chi connectivity index (χ1n) is 8.96. The van der Waals surface area contributed by atoms with Crippen LogP contribution in [-0.2, 0) is 0 Å². The van der Waals surface area contributed by atoms with Gasteiger partial charge in [0.05, 0.1) is 11.1 Å². The van der Waals surface area contributed by atoms with Gasteiger partial charge in [0.25, 0.3) is 5.91 Å². The molecule has 138 valence electrons. The van der Waals surface area contributed by atoms with Crippen LogP contribution in [0.1, 0.15) is 21.6 Å². The third-order valence-electron chi connectivity index (χ3n) is 4.33. The minimum absolute atomic E-state index is 0.163. The number of fused-ring (bicyclic) bond motifs is 1. The molecule has 0 aliphatic heterocycles. The topological polar surface area (TPSA) is 64.1 Å². The van der Waals surface area contributed by atoms with E-state index in [0.29, 0.717) is 22.7 Å². The van der Waals surface area contributed by atoms with Crippen molar-refractivity contribution in [3.63, 3.8) is 0 Å². The van der Waals surface area contributed by atoms with Crippen LogP contribution in [0.2, 0.25) is 0 Å². The maximum absolute atomic E-state index is 12.9. The van der Waals surface area contributed by atoms with E-state index >= 15 is 0 Å². The number of carbonyl (C=O) groups is 1. The van der Waals surface area contributed by atoms with E-state index in [2.05, 4.69) is 15.3 Å². The number of pyridine rings is 2. The molecule has 0 aliphatic rings. The van der Waals surface area contributed by atoms with Crippen LogP contribution < -0.4 is 10.1 Å². The fourth-order valence-electron chi connectivity index (χ4n) is 3.01. The Kier molecular flexibility index (Phi) is 4.72. The number of anilines is 1. The summed E-state index contributed by atoms with van der Waals surface area (Å²) in [4.78, 5) is 21.4. The molecule has 4 rings (SSSR count). The van der Waals surface area contributed by atoms with Crippen molar-refractivity contribution in [3.8, 4) is 11.5 Å². The second-order valence-corrected chi connectivity index (χ2v) is 6.60. The molecule has 1 amide bonds. The van der Waals surface area contributed by atoms with Gasteiger partial charge in [0, 0.05) is 29.2 Å². The van der Waals surface area contributed by atoms with Crippen molar-refractivity contribution in [1.29, 1.82) is 0 Å². The van der Waals surface area contributed by atoms with E-state index in [-0.39, 0.29) is 5.91 Å². The highest BCUT2D eigenvalue weighted by Crippen LogP contribution is 2.24. The molecule has 0 saturated heterocycles. The summed E-state index contributed by atoms with van der Waals surface area (Å²) >= 11 is 0. The van der Waals surface area contributed by atoms with Crippen LogP contribution in [0, 0.1) is 13.8 Å². The Labute approximate surface area is 163 Å². The Hall–Kier alpha value is -3.73. The van der Waals surface area contributed by atoms with Gasteiger partial charge in [-0.1, -0.05) is 11.6 Å². The quantitative estimate of drug-likeness (QED) is 0.531. The Morgan fingerprint density at radius 1 is 0.893 bits per heavy atom. The maximum Gasteiger partial charge on any atom is 0.256 e. The highest BCUT2D eigenvalue weighted by Gasteiger charge is 2.13. The van der Waals surface area contributed by atoms with E-state index in [1.54, 1.807) is 24.5 Å². The first kappa shape index (κ1) is 17.7. The third-order valence-corrected chi connectivity index (χ3v) is 4.33. The van der Waals surface area contributed by atoms with E-state index in [9.17, 15) is 4.79 Å². The SMILES string of the molecule is Cc1ccc2nc(C)cc(C(=O)Nc3ccc(Oc4ccncc4)cc3)c2c1. The number of carbonyl (C=O) groups excluding carboxylic acids is 1. The molecule has 0 saturated carbocycles. The highest BCUT2D eigenvalue weighted by molar-refractivity contribution is 6.12. The summed E-state index contributed by atoms with van der Waals surface area (Å²) in [7, 11) is 0. The second kappa shape index (κ2) is 7.48. The number of aryl methyl sites for hydroxylation is 2. The Balaban J connectivity index is 1.55. The molecule has 2 aromatic heterocycles. The van der Waals surface area contributed by atoms with Gasteiger partial charge >= 0.3 is 0 Å². The average Bonchev–Trinajstić information content (AvgIpc) is 2.70. The van der Waals surface area contributed by atoms with Gasteiger partial charge in [0.2, 0.25) is 0 Å². The van der Waals surface area contributed by atoms with Crippen molar-refractivity contribution in [2.45, 2.75) is 13.8 Å². The van der Waals surface area contributed by atoms with Crippen LogP contribution in [0.4, 0.5) is 5.69 Å². The van der Waals surface area contributed by atoms with Crippen molar-refractivity contribution in [1.82, 2.24) is 9.97 Å². The average molecular weight is 369 g/mol. The van der Waals surface area contributed by atoms with Crippen LogP contribution >= 0.6 is 0 Å². The molecule has 0 fully saturated rings. The maximum atomic E-state index is 12.9. The van der Waals surface area contributed by atoms with Crippen molar-refractivity contribution in [3.05, 3.63) is 89.9 Å². The molecule has 2 heterocycles.